The number of carbonyl (C=O) groups excluding carboxylic acids is 2. The minimum Gasteiger partial charge on any atom is -0.481 e. The first-order valence-electron chi connectivity index (χ1n) is 7.34. The van der Waals surface area contributed by atoms with Crippen molar-refractivity contribution >= 4 is 29.4 Å². The summed E-state index contributed by atoms with van der Waals surface area (Å²) in [6.07, 6.45) is 1.44. The standard InChI is InChI=1S/C16H25NO4S/c1-9(2)8-17-14(21)10(7-11(18)19)12(15(17)22-6)13(20)16(3,4)5/h9,15H,7-8H2,1-6H3,(H,18,19)/t15-/m1/s1. The van der Waals surface area contributed by atoms with Crippen molar-refractivity contribution < 1.29 is 19.5 Å². The third-order valence-corrected chi connectivity index (χ3v) is 4.35. The fourth-order valence-corrected chi connectivity index (χ4v) is 3.41. The highest BCUT2D eigenvalue weighted by atomic mass is 32.2. The van der Waals surface area contributed by atoms with Gasteiger partial charge in [0.15, 0.2) is 5.78 Å². The molecule has 1 amide bonds. The van der Waals surface area contributed by atoms with Gasteiger partial charge in [0.2, 0.25) is 0 Å². The molecule has 1 heterocycles. The van der Waals surface area contributed by atoms with Crippen molar-refractivity contribution in [2.45, 2.75) is 46.4 Å². The fraction of sp³-hybridized carbons (Fsp3) is 0.688. The van der Waals surface area contributed by atoms with E-state index in [2.05, 4.69) is 0 Å². The van der Waals surface area contributed by atoms with E-state index in [0.29, 0.717) is 12.1 Å². The van der Waals surface area contributed by atoms with Crippen LogP contribution in [-0.2, 0) is 14.4 Å². The van der Waals surface area contributed by atoms with Crippen LogP contribution in [0.1, 0.15) is 41.0 Å². The van der Waals surface area contributed by atoms with Gasteiger partial charge in [-0.05, 0) is 12.2 Å². The lowest BCUT2D eigenvalue weighted by molar-refractivity contribution is -0.137. The van der Waals surface area contributed by atoms with Gasteiger partial charge in [0, 0.05) is 23.1 Å². The second-order valence-electron chi connectivity index (χ2n) is 6.98. The lowest BCUT2D eigenvalue weighted by Gasteiger charge is -2.28. The van der Waals surface area contributed by atoms with Crippen molar-refractivity contribution in [3.63, 3.8) is 0 Å². The zero-order chi connectivity index (χ0) is 17.2. The van der Waals surface area contributed by atoms with Crippen LogP contribution >= 0.6 is 11.8 Å². The summed E-state index contributed by atoms with van der Waals surface area (Å²) in [5, 5.41) is 8.71. The highest BCUT2D eigenvalue weighted by Gasteiger charge is 2.44. The molecular weight excluding hydrogens is 302 g/mol. The molecule has 1 rings (SSSR count). The number of hydrogen-bond donors (Lipinski definition) is 1. The van der Waals surface area contributed by atoms with Crippen molar-refractivity contribution in [2.24, 2.45) is 11.3 Å². The topological polar surface area (TPSA) is 74.7 Å². The summed E-state index contributed by atoms with van der Waals surface area (Å²) in [7, 11) is 0. The van der Waals surface area contributed by atoms with Crippen molar-refractivity contribution in [2.75, 3.05) is 12.8 Å². The monoisotopic (exact) mass is 327 g/mol. The minimum absolute atomic E-state index is 0.146. The van der Waals surface area contributed by atoms with Crippen LogP contribution in [0.3, 0.4) is 0 Å². The number of aliphatic carboxylic acids is 1. The molecule has 0 unspecified atom stereocenters. The van der Waals surface area contributed by atoms with Gasteiger partial charge in [0.05, 0.1) is 6.42 Å². The Labute approximate surface area is 136 Å². The molecular formula is C16H25NO4S. The van der Waals surface area contributed by atoms with Gasteiger partial charge >= 0.3 is 5.97 Å². The van der Waals surface area contributed by atoms with Crippen LogP contribution in [0.15, 0.2) is 11.1 Å². The molecule has 0 saturated heterocycles. The number of carboxylic acid groups (broad SMARTS) is 1. The van der Waals surface area contributed by atoms with Crippen LogP contribution in [0.2, 0.25) is 0 Å². The summed E-state index contributed by atoms with van der Waals surface area (Å²) in [5.74, 6) is -1.31. The molecule has 6 heteroatoms. The molecule has 0 aliphatic carbocycles. The van der Waals surface area contributed by atoms with Crippen LogP contribution in [0.5, 0.6) is 0 Å². The van der Waals surface area contributed by atoms with Crippen molar-refractivity contribution in [3.8, 4) is 0 Å². The number of hydrogen-bond acceptors (Lipinski definition) is 4. The van der Waals surface area contributed by atoms with Gasteiger partial charge in [-0.15, -0.1) is 11.8 Å². The van der Waals surface area contributed by atoms with Crippen LogP contribution in [-0.4, -0.2) is 45.8 Å². The largest absolute Gasteiger partial charge is 0.481 e. The number of ketones is 1. The van der Waals surface area contributed by atoms with Crippen molar-refractivity contribution in [3.05, 3.63) is 11.1 Å². The number of carboxylic acids is 1. The van der Waals surface area contributed by atoms with Crippen LogP contribution in [0.25, 0.3) is 0 Å². The van der Waals surface area contributed by atoms with Crippen molar-refractivity contribution in [1.29, 1.82) is 0 Å². The molecule has 0 saturated carbocycles. The third kappa shape index (κ3) is 3.91. The molecule has 22 heavy (non-hydrogen) atoms. The Bertz CT molecular complexity index is 517. The number of carbonyl (C=O) groups is 3. The number of thioether (sulfide) groups is 1. The molecule has 1 N–H and O–H groups in total. The zero-order valence-corrected chi connectivity index (χ0v) is 14.9. The van der Waals surface area contributed by atoms with Crippen molar-refractivity contribution in [1.82, 2.24) is 4.90 Å². The van der Waals surface area contributed by atoms with E-state index in [1.165, 1.54) is 11.8 Å². The summed E-state index contributed by atoms with van der Waals surface area (Å²) < 4.78 is 0. The van der Waals surface area contributed by atoms with E-state index in [4.69, 9.17) is 5.11 Å². The Kier molecular flexibility index (Phi) is 5.84. The van der Waals surface area contributed by atoms with E-state index in [-0.39, 0.29) is 23.2 Å². The molecule has 0 aromatic heterocycles. The second-order valence-corrected chi connectivity index (χ2v) is 7.90. The number of rotatable bonds is 6. The molecule has 0 fully saturated rings. The van der Waals surface area contributed by atoms with Gasteiger partial charge in [-0.3, -0.25) is 14.4 Å². The fourth-order valence-electron chi connectivity index (χ4n) is 2.49. The van der Waals surface area contributed by atoms with E-state index in [1.807, 2.05) is 20.1 Å². The first-order chi connectivity index (χ1) is 10.0. The van der Waals surface area contributed by atoms with Gasteiger partial charge in [0.25, 0.3) is 5.91 Å². The summed E-state index contributed by atoms with van der Waals surface area (Å²) in [6.45, 7) is 9.85. The number of nitrogens with zero attached hydrogens (tertiary/aromatic N) is 1. The molecule has 0 aromatic carbocycles. The predicted octanol–water partition coefficient (Wildman–Crippen LogP) is 2.56. The molecule has 0 spiro atoms. The predicted molar refractivity (Wildman–Crippen MR) is 87.6 cm³/mol. The molecule has 124 valence electrons. The SMILES string of the molecule is CS[C@@H]1C(C(=O)C(C)(C)C)=C(CC(=O)O)C(=O)N1CC(C)C. The highest BCUT2D eigenvalue weighted by molar-refractivity contribution is 7.99. The number of amides is 1. The Morgan fingerprint density at radius 3 is 2.23 bits per heavy atom. The maximum Gasteiger partial charge on any atom is 0.308 e. The smallest absolute Gasteiger partial charge is 0.308 e. The number of Topliss-reactive ketones (excluding diaryl/α,β-unsaturated/α-hetero) is 1. The van der Waals surface area contributed by atoms with E-state index in [1.54, 1.807) is 25.7 Å². The first kappa shape index (κ1) is 18.7. The molecule has 0 radical (unpaired) electrons. The van der Waals surface area contributed by atoms with Gasteiger partial charge in [-0.25, -0.2) is 0 Å². The second kappa shape index (κ2) is 6.86. The van der Waals surface area contributed by atoms with Crippen LogP contribution < -0.4 is 0 Å². The molecule has 5 nitrogen and oxygen atoms in total. The zero-order valence-electron chi connectivity index (χ0n) is 14.1. The van der Waals surface area contributed by atoms with E-state index >= 15 is 0 Å². The third-order valence-electron chi connectivity index (χ3n) is 3.41. The summed E-state index contributed by atoms with van der Waals surface area (Å²) in [4.78, 5) is 38.1. The Hall–Kier alpha value is -1.30. The Morgan fingerprint density at radius 1 is 1.32 bits per heavy atom. The quantitative estimate of drug-likeness (QED) is 0.811. The van der Waals surface area contributed by atoms with E-state index in [9.17, 15) is 14.4 Å². The summed E-state index contributed by atoms with van der Waals surface area (Å²) in [5.41, 5.74) is -0.137. The summed E-state index contributed by atoms with van der Waals surface area (Å²) in [6, 6.07) is 0. The average Bonchev–Trinajstić information content (AvgIpc) is 2.60. The van der Waals surface area contributed by atoms with E-state index in [0.717, 1.165) is 0 Å². The molecule has 0 bridgehead atoms. The normalized spacial score (nSPS) is 19.3. The Morgan fingerprint density at radius 2 is 1.86 bits per heavy atom. The molecule has 0 aromatic rings. The Balaban J connectivity index is 3.37. The van der Waals surface area contributed by atoms with Gasteiger partial charge in [-0.2, -0.15) is 0 Å². The van der Waals surface area contributed by atoms with E-state index < -0.39 is 23.2 Å². The lowest BCUT2D eigenvalue weighted by atomic mass is 9.84. The maximum absolute atomic E-state index is 12.8. The summed E-state index contributed by atoms with van der Waals surface area (Å²) >= 11 is 1.40. The first-order valence-corrected chi connectivity index (χ1v) is 8.62. The van der Waals surface area contributed by atoms with Crippen LogP contribution in [0, 0.1) is 11.3 Å². The minimum atomic E-state index is -1.09. The average molecular weight is 327 g/mol. The van der Waals surface area contributed by atoms with Gasteiger partial charge in [-0.1, -0.05) is 34.6 Å². The van der Waals surface area contributed by atoms with Gasteiger partial charge < -0.3 is 10.0 Å². The maximum atomic E-state index is 12.8. The lowest BCUT2D eigenvalue weighted by Crippen LogP contribution is -2.38. The molecule has 1 atom stereocenters. The molecule has 1 aliphatic heterocycles. The van der Waals surface area contributed by atoms with Gasteiger partial charge in [0.1, 0.15) is 5.37 Å². The highest BCUT2D eigenvalue weighted by Crippen LogP contribution is 2.38. The van der Waals surface area contributed by atoms with Crippen LogP contribution in [0.4, 0.5) is 0 Å². The molecule has 1 aliphatic rings.